The van der Waals surface area contributed by atoms with Crippen molar-refractivity contribution < 1.29 is 22.0 Å². The molecule has 5 atom stereocenters. The van der Waals surface area contributed by atoms with Gasteiger partial charge in [-0.1, -0.05) is 198 Å². The van der Waals surface area contributed by atoms with Gasteiger partial charge >= 0.3 is 0 Å². The quantitative estimate of drug-likeness (QED) is 0.111. The zero-order valence-electron chi connectivity index (χ0n) is 52.6. The maximum atomic E-state index is 13.0. The highest BCUT2D eigenvalue weighted by Crippen LogP contribution is 2.41. The van der Waals surface area contributed by atoms with Gasteiger partial charge in [-0.15, -0.1) is 5.88 Å². The number of hydrogen-bond acceptors (Lipinski definition) is 0. The zero-order chi connectivity index (χ0) is 59.8. The average molecular weight is 1090 g/mol. The second kappa shape index (κ2) is 61.3. The molecule has 5 rings (SSSR count). The van der Waals surface area contributed by atoms with E-state index in [1.807, 2.05) is 39.7 Å². The van der Waals surface area contributed by atoms with Crippen molar-refractivity contribution in [1.29, 1.82) is 0 Å². The average Bonchev–Trinajstić information content (AvgIpc) is 3.41. The van der Waals surface area contributed by atoms with E-state index in [9.17, 15) is 22.0 Å². The zero-order valence-corrected chi connectivity index (χ0v) is 53.4. The van der Waals surface area contributed by atoms with E-state index >= 15 is 0 Å². The van der Waals surface area contributed by atoms with Crippen LogP contribution in [-0.2, 0) is 6.42 Å². The molecule has 0 saturated carbocycles. The van der Waals surface area contributed by atoms with Crippen LogP contribution in [0.3, 0.4) is 0 Å². The minimum atomic E-state index is -2.41. The maximum Gasteiger partial charge on any atom is 0.195 e. The molecule has 0 amide bonds. The molecule has 0 nitrogen and oxygen atoms in total. The number of unbranched alkanes of at least 4 members (excludes halogenated alkanes) is 2. The lowest BCUT2D eigenvalue weighted by atomic mass is 9.81. The Morgan fingerprint density at radius 2 is 1.05 bits per heavy atom. The van der Waals surface area contributed by atoms with Crippen molar-refractivity contribution >= 4 is 11.6 Å². The fourth-order valence-corrected chi connectivity index (χ4v) is 5.96. The third kappa shape index (κ3) is 57.3. The number of benzene rings is 1. The summed E-state index contributed by atoms with van der Waals surface area (Å²) in [5.41, 5.74) is 3.22. The molecule has 5 unspecified atom stereocenters. The summed E-state index contributed by atoms with van der Waals surface area (Å²) in [7, 11) is 0. The Kier molecular flexibility index (Phi) is 68.1. The van der Waals surface area contributed by atoms with Crippen molar-refractivity contribution in [2.75, 3.05) is 5.88 Å². The van der Waals surface area contributed by atoms with Crippen molar-refractivity contribution in [1.82, 2.24) is 0 Å². The van der Waals surface area contributed by atoms with E-state index in [1.165, 1.54) is 74.8 Å². The van der Waals surface area contributed by atoms with Gasteiger partial charge in [0, 0.05) is 0 Å². The van der Waals surface area contributed by atoms with Crippen molar-refractivity contribution in [3.63, 3.8) is 0 Å². The fraction of sp³-hybridized carbons (Fsp3) is 0.586. The highest BCUT2D eigenvalue weighted by Gasteiger charge is 2.39. The van der Waals surface area contributed by atoms with Gasteiger partial charge in [0.1, 0.15) is 5.83 Å². The summed E-state index contributed by atoms with van der Waals surface area (Å²) >= 11 is 5.13. The summed E-state index contributed by atoms with van der Waals surface area (Å²) < 4.78 is 63.7. The summed E-state index contributed by atoms with van der Waals surface area (Å²) in [6, 6.07) is 10.5. The van der Waals surface area contributed by atoms with Crippen LogP contribution in [-0.4, -0.2) is 12.1 Å². The van der Waals surface area contributed by atoms with Crippen LogP contribution in [0.15, 0.2) is 126 Å². The van der Waals surface area contributed by atoms with Gasteiger partial charge < -0.3 is 44.4 Å². The second-order valence-corrected chi connectivity index (χ2v) is 21.1. The lowest BCUT2D eigenvalue weighted by Gasteiger charge is -2.24. The predicted molar refractivity (Wildman–Crippen MR) is 337 cm³/mol. The molecule has 0 N–H and O–H groups in total. The molecular formula is C70H117ClF5-7. The molecule has 1 aromatic rings. The van der Waals surface area contributed by atoms with Gasteiger partial charge in [-0.25, -0.2) is 22.0 Å². The van der Waals surface area contributed by atoms with Gasteiger partial charge in [-0.2, -0.15) is 106 Å². The van der Waals surface area contributed by atoms with Crippen molar-refractivity contribution in [2.24, 2.45) is 35.0 Å². The molecule has 0 saturated heterocycles. The summed E-state index contributed by atoms with van der Waals surface area (Å²) in [5, 5.41) is 0. The van der Waals surface area contributed by atoms with Crippen LogP contribution in [0.4, 0.5) is 22.0 Å². The van der Waals surface area contributed by atoms with Crippen LogP contribution in [0, 0.1) is 79.4 Å². The normalized spacial score (nSPS) is 18.4. The van der Waals surface area contributed by atoms with E-state index in [1.54, 1.807) is 6.92 Å². The lowest BCUT2D eigenvalue weighted by Crippen LogP contribution is -2.22. The number of halogens is 6. The van der Waals surface area contributed by atoms with Crippen molar-refractivity contribution in [2.45, 2.75) is 229 Å². The van der Waals surface area contributed by atoms with Gasteiger partial charge in [0.05, 0.1) is 5.92 Å². The molecule has 0 radical (unpaired) electrons. The monoisotopic (exact) mass is 1090 g/mol. The Balaban J connectivity index is -0.000000184. The first-order valence-corrected chi connectivity index (χ1v) is 29.3. The minimum Gasteiger partial charge on any atom is -0.335 e. The van der Waals surface area contributed by atoms with Crippen LogP contribution >= 0.6 is 11.6 Å². The Morgan fingerprint density at radius 1 is 0.632 bits per heavy atom. The van der Waals surface area contributed by atoms with Crippen LogP contribution in [0.5, 0.6) is 0 Å². The predicted octanol–water partition coefficient (Wildman–Crippen LogP) is 25.3. The molecule has 0 aromatic heterocycles. The third-order valence-corrected chi connectivity index (χ3v) is 11.0. The first-order valence-electron chi connectivity index (χ1n) is 28.8. The number of allylic oxidation sites excluding steroid dienone is 16. The molecule has 0 aliphatic heterocycles. The van der Waals surface area contributed by atoms with E-state index in [2.05, 4.69) is 234 Å². The molecule has 0 bridgehead atoms. The molecule has 76 heavy (non-hydrogen) atoms. The highest BCUT2D eigenvalue weighted by atomic mass is 35.5. The van der Waals surface area contributed by atoms with Crippen molar-refractivity contribution in [3.05, 3.63) is 176 Å². The van der Waals surface area contributed by atoms with Gasteiger partial charge in [0.2, 0.25) is 0 Å². The summed E-state index contributed by atoms with van der Waals surface area (Å²) in [4.78, 5) is 0. The number of hydrogen-bond donors (Lipinski definition) is 0. The minimum absolute atomic E-state index is 0.0544. The maximum absolute atomic E-state index is 13.0. The number of rotatable bonds is 12. The smallest absolute Gasteiger partial charge is 0.195 e. The largest absolute Gasteiger partial charge is 0.335 e. The van der Waals surface area contributed by atoms with E-state index in [4.69, 9.17) is 11.6 Å². The first kappa shape index (κ1) is 84.4. The molecular weight excluding hydrogens is 971 g/mol. The van der Waals surface area contributed by atoms with Crippen LogP contribution in [0.1, 0.15) is 222 Å². The Bertz CT molecular complexity index is 1590. The van der Waals surface area contributed by atoms with Crippen LogP contribution < -0.4 is 0 Å². The molecule has 1 aromatic carbocycles. The Labute approximate surface area is 476 Å². The SMILES string of the molecule is CC1C=CC=CC1.CCCC1C(F)=C(F)C(F)=C(F)C1F.CCCC1C=CC(C(C)(C)C)=CC1.CCCC1C=CC=CC1.C[C-](C)C.C[CH-]C.C[CH-]C(C)C.C[CH-]CC.C[CH-]CC.C[CH-]CCl.C[CH-]Cc1ccccc1. The molecule has 0 fully saturated rings. The molecule has 446 valence electrons. The lowest BCUT2D eigenvalue weighted by molar-refractivity contribution is 0.196. The second-order valence-electron chi connectivity index (χ2n) is 20.7. The fourth-order valence-electron chi connectivity index (χ4n) is 5.96. The van der Waals surface area contributed by atoms with Gasteiger partial charge in [-0.3, -0.25) is 0 Å². The summed E-state index contributed by atoms with van der Waals surface area (Å²) in [6.07, 6.45) is 47.5. The van der Waals surface area contributed by atoms with E-state index in [-0.39, 0.29) is 6.42 Å². The Morgan fingerprint density at radius 3 is 1.34 bits per heavy atom. The summed E-state index contributed by atoms with van der Waals surface area (Å²) in [6.45, 7) is 44.2. The first-order chi connectivity index (χ1) is 36.0. The van der Waals surface area contributed by atoms with Crippen LogP contribution in [0.25, 0.3) is 0 Å². The molecule has 0 spiro atoms. The Hall–Kier alpha value is -2.92. The third-order valence-electron chi connectivity index (χ3n) is 10.7. The van der Waals surface area contributed by atoms with E-state index in [0.717, 1.165) is 30.1 Å². The number of alkyl halides is 2. The van der Waals surface area contributed by atoms with Crippen molar-refractivity contribution in [3.8, 4) is 0 Å². The van der Waals surface area contributed by atoms with E-state index in [0.29, 0.717) is 17.7 Å². The van der Waals surface area contributed by atoms with Gasteiger partial charge in [-0.05, 0) is 67.3 Å². The van der Waals surface area contributed by atoms with Crippen LogP contribution in [0.2, 0.25) is 0 Å². The topological polar surface area (TPSA) is 0 Å². The summed E-state index contributed by atoms with van der Waals surface area (Å²) in [5.74, 6) is -3.62. The van der Waals surface area contributed by atoms with Gasteiger partial charge in [0.15, 0.2) is 23.7 Å². The molecule has 6 heteroatoms. The molecule has 4 aliphatic carbocycles. The standard InChI is InChI=1S/C13H22.C9H9F5.C9H14.C9H11.C7H10.C5H11.3C4H9.C3H6Cl.C3H7/c1-5-6-11-7-9-12(10-8-11)13(2,3)4;1-2-3-4-5(10)7(12)9(14)8(13)6(4)11;2*1-2-6-9-7-4-3-5-8-9;1-7-5-3-2-4-6-7;1-4-5(2)3;1-4(2)3;2*1-3-4-2;1-2-3-4;1-3-2/h7,9-11H,5-6,8H2,1-4H3;4-5H,2-3H2,1H3;3-5,7,9H,2,6,8H2,1H3;2-5,7-8H,6H2,1H3;2-5,7H,6H2,1H3;4-5H,1-3H3;1-3H3;2*3H,4H2,1-2H3;2H,3H2,1H3;3H,1-2H3/q;;;-1;;6*-1. The molecule has 4 aliphatic rings. The highest BCUT2D eigenvalue weighted by molar-refractivity contribution is 6.18. The van der Waals surface area contributed by atoms with Gasteiger partial charge in [0.25, 0.3) is 0 Å². The molecule has 0 heterocycles. The van der Waals surface area contributed by atoms with E-state index < -0.39 is 35.4 Å².